The summed E-state index contributed by atoms with van der Waals surface area (Å²) < 4.78 is 0.256. The zero-order valence-electron chi connectivity index (χ0n) is 10.3. The third-order valence-corrected chi connectivity index (χ3v) is 4.51. The fraction of sp³-hybridized carbons (Fsp3) is 0.818. The van der Waals surface area contributed by atoms with Gasteiger partial charge in [0, 0.05) is 17.8 Å². The van der Waals surface area contributed by atoms with Crippen molar-refractivity contribution in [1.82, 2.24) is 10.6 Å². The molecule has 2 amide bonds. The third kappa shape index (κ3) is 4.85. The lowest BCUT2D eigenvalue weighted by molar-refractivity contribution is -0.141. The molecule has 3 N–H and O–H groups in total. The topological polar surface area (TPSA) is 78.4 Å². The number of thioether (sulfide) groups is 1. The molecule has 0 bridgehead atoms. The molecule has 0 aromatic rings. The lowest BCUT2D eigenvalue weighted by Crippen LogP contribution is -2.40. The first-order valence-corrected chi connectivity index (χ1v) is 7.01. The van der Waals surface area contributed by atoms with Gasteiger partial charge in [0.1, 0.15) is 0 Å². The highest BCUT2D eigenvalue weighted by Crippen LogP contribution is 2.46. The second-order valence-electron chi connectivity index (χ2n) is 4.52. The van der Waals surface area contributed by atoms with E-state index >= 15 is 0 Å². The lowest BCUT2D eigenvalue weighted by Gasteiger charge is -2.14. The van der Waals surface area contributed by atoms with Gasteiger partial charge in [-0.3, -0.25) is 4.79 Å². The van der Waals surface area contributed by atoms with Crippen molar-refractivity contribution < 1.29 is 14.7 Å². The number of hydrogen-bond acceptors (Lipinski definition) is 3. The van der Waals surface area contributed by atoms with Crippen LogP contribution in [0.5, 0.6) is 0 Å². The summed E-state index contributed by atoms with van der Waals surface area (Å²) in [5.41, 5.74) is 0. The van der Waals surface area contributed by atoms with Crippen LogP contribution in [0.1, 0.15) is 26.2 Å². The van der Waals surface area contributed by atoms with E-state index < -0.39 is 11.9 Å². The molecule has 1 fully saturated rings. The van der Waals surface area contributed by atoms with Gasteiger partial charge in [-0.15, -0.1) is 0 Å². The van der Waals surface area contributed by atoms with Crippen molar-refractivity contribution in [1.29, 1.82) is 0 Å². The number of aliphatic carboxylic acids is 1. The second-order valence-corrected chi connectivity index (χ2v) is 5.80. The summed E-state index contributed by atoms with van der Waals surface area (Å²) in [5.74, 6) is -1.25. The average Bonchev–Trinajstić information content (AvgIpc) is 3.07. The molecule has 1 atom stereocenters. The summed E-state index contributed by atoms with van der Waals surface area (Å²) in [4.78, 5) is 22.0. The Morgan fingerprint density at radius 3 is 2.53 bits per heavy atom. The van der Waals surface area contributed by atoms with Crippen LogP contribution in [0.2, 0.25) is 0 Å². The Bertz CT molecular complexity index is 292. The maximum Gasteiger partial charge on any atom is 0.314 e. The molecule has 1 aliphatic carbocycles. The fourth-order valence-electron chi connectivity index (χ4n) is 1.42. The average molecular weight is 260 g/mol. The largest absolute Gasteiger partial charge is 0.481 e. The normalized spacial score (nSPS) is 18.2. The molecule has 0 aliphatic heterocycles. The van der Waals surface area contributed by atoms with Gasteiger partial charge < -0.3 is 15.7 Å². The van der Waals surface area contributed by atoms with Crippen LogP contribution in [0.4, 0.5) is 4.79 Å². The zero-order valence-corrected chi connectivity index (χ0v) is 11.1. The molecule has 98 valence electrons. The highest BCUT2D eigenvalue weighted by molar-refractivity contribution is 8.00. The van der Waals surface area contributed by atoms with Crippen LogP contribution < -0.4 is 10.6 Å². The molecule has 1 saturated carbocycles. The standard InChI is InChI=1S/C11H20N2O3S/c1-8(9(14)15)3-6-12-10(16)13-7-11(17-2)4-5-11/h8H,3-7H2,1-2H3,(H,14,15)(H2,12,13,16). The van der Waals surface area contributed by atoms with Crippen molar-refractivity contribution in [3.8, 4) is 0 Å². The Morgan fingerprint density at radius 1 is 1.41 bits per heavy atom. The maximum atomic E-state index is 11.4. The Hall–Kier alpha value is -0.910. The highest BCUT2D eigenvalue weighted by Gasteiger charge is 2.41. The van der Waals surface area contributed by atoms with E-state index in [4.69, 9.17) is 5.11 Å². The Morgan fingerprint density at radius 2 is 2.06 bits per heavy atom. The van der Waals surface area contributed by atoms with Gasteiger partial charge in [0.05, 0.1) is 5.92 Å². The van der Waals surface area contributed by atoms with E-state index in [9.17, 15) is 9.59 Å². The number of carbonyl (C=O) groups excluding carboxylic acids is 1. The van der Waals surface area contributed by atoms with Gasteiger partial charge in [-0.25, -0.2) is 4.79 Å². The van der Waals surface area contributed by atoms with Crippen LogP contribution in [0.25, 0.3) is 0 Å². The summed E-state index contributed by atoms with van der Waals surface area (Å²) in [6, 6.07) is -0.206. The molecule has 1 aliphatic rings. The summed E-state index contributed by atoms with van der Waals surface area (Å²) in [5, 5.41) is 14.2. The van der Waals surface area contributed by atoms with Crippen LogP contribution in [0.3, 0.4) is 0 Å². The molecular formula is C11H20N2O3S. The van der Waals surface area contributed by atoms with Crippen molar-refractivity contribution in [2.75, 3.05) is 19.3 Å². The van der Waals surface area contributed by atoms with E-state index in [0.717, 1.165) is 12.8 Å². The molecule has 0 radical (unpaired) electrons. The molecule has 17 heavy (non-hydrogen) atoms. The Kier molecular flexibility index (Phi) is 5.11. The van der Waals surface area contributed by atoms with Gasteiger partial charge in [-0.05, 0) is 25.5 Å². The molecule has 0 heterocycles. The monoisotopic (exact) mass is 260 g/mol. The van der Waals surface area contributed by atoms with Gasteiger partial charge in [-0.1, -0.05) is 6.92 Å². The van der Waals surface area contributed by atoms with E-state index in [1.165, 1.54) is 0 Å². The van der Waals surface area contributed by atoms with Gasteiger partial charge in [-0.2, -0.15) is 11.8 Å². The first-order valence-electron chi connectivity index (χ1n) is 5.79. The highest BCUT2D eigenvalue weighted by atomic mass is 32.2. The Balaban J connectivity index is 2.07. The lowest BCUT2D eigenvalue weighted by atomic mass is 10.1. The van der Waals surface area contributed by atoms with Crippen molar-refractivity contribution in [3.05, 3.63) is 0 Å². The number of nitrogens with one attached hydrogen (secondary N) is 2. The predicted octanol–water partition coefficient (Wildman–Crippen LogP) is 1.29. The van der Waals surface area contributed by atoms with Crippen molar-refractivity contribution >= 4 is 23.8 Å². The Labute approximate surface area is 106 Å². The van der Waals surface area contributed by atoms with E-state index in [1.807, 2.05) is 0 Å². The zero-order chi connectivity index (χ0) is 12.9. The molecule has 0 spiro atoms. The number of carboxylic acids is 1. The predicted molar refractivity (Wildman–Crippen MR) is 68.3 cm³/mol. The molecule has 0 aromatic carbocycles. The van der Waals surface area contributed by atoms with E-state index in [-0.39, 0.29) is 10.8 Å². The van der Waals surface area contributed by atoms with Crippen molar-refractivity contribution in [2.45, 2.75) is 30.9 Å². The van der Waals surface area contributed by atoms with Crippen LogP contribution >= 0.6 is 11.8 Å². The van der Waals surface area contributed by atoms with Gasteiger partial charge >= 0.3 is 12.0 Å². The third-order valence-electron chi connectivity index (χ3n) is 3.10. The van der Waals surface area contributed by atoms with E-state index in [0.29, 0.717) is 19.5 Å². The first kappa shape index (κ1) is 14.2. The number of urea groups is 1. The smallest absolute Gasteiger partial charge is 0.314 e. The molecule has 1 unspecified atom stereocenters. The molecule has 0 saturated heterocycles. The molecule has 5 nitrogen and oxygen atoms in total. The minimum Gasteiger partial charge on any atom is -0.481 e. The van der Waals surface area contributed by atoms with E-state index in [2.05, 4.69) is 16.9 Å². The summed E-state index contributed by atoms with van der Waals surface area (Å²) >= 11 is 1.79. The van der Waals surface area contributed by atoms with Gasteiger partial charge in [0.15, 0.2) is 0 Å². The van der Waals surface area contributed by atoms with Crippen LogP contribution in [0.15, 0.2) is 0 Å². The fourth-order valence-corrected chi connectivity index (χ4v) is 2.15. The van der Waals surface area contributed by atoms with Gasteiger partial charge in [0.25, 0.3) is 0 Å². The maximum absolute atomic E-state index is 11.4. The number of hydrogen-bond donors (Lipinski definition) is 3. The summed E-state index contributed by atoms with van der Waals surface area (Å²) in [6.07, 6.45) is 4.83. The first-order chi connectivity index (χ1) is 7.99. The molecule has 6 heteroatoms. The quantitative estimate of drug-likeness (QED) is 0.644. The van der Waals surface area contributed by atoms with Crippen molar-refractivity contribution in [2.24, 2.45) is 5.92 Å². The van der Waals surface area contributed by atoms with Gasteiger partial charge in [0.2, 0.25) is 0 Å². The molecule has 1 rings (SSSR count). The summed E-state index contributed by atoms with van der Waals surface area (Å²) in [7, 11) is 0. The SMILES string of the molecule is CSC1(CNC(=O)NCCC(C)C(=O)O)CC1. The minimum absolute atomic E-state index is 0.206. The van der Waals surface area contributed by atoms with Crippen LogP contribution in [0, 0.1) is 5.92 Å². The molecule has 0 aromatic heterocycles. The number of carboxylic acid groups (broad SMARTS) is 1. The second kappa shape index (κ2) is 6.14. The number of carbonyl (C=O) groups is 2. The van der Waals surface area contributed by atoms with Crippen molar-refractivity contribution in [3.63, 3.8) is 0 Å². The molecular weight excluding hydrogens is 240 g/mol. The van der Waals surface area contributed by atoms with Crippen LogP contribution in [-0.2, 0) is 4.79 Å². The number of rotatable bonds is 7. The van der Waals surface area contributed by atoms with Crippen LogP contribution in [-0.4, -0.2) is 41.2 Å². The number of amides is 2. The summed E-state index contributed by atoms with van der Waals surface area (Å²) in [6.45, 7) is 2.72. The minimum atomic E-state index is -0.827. The van der Waals surface area contributed by atoms with E-state index in [1.54, 1.807) is 18.7 Å².